The maximum atomic E-state index is 12.8. The molecule has 0 rings (SSSR count). The summed E-state index contributed by atoms with van der Waals surface area (Å²) >= 11 is 0. The van der Waals surface area contributed by atoms with Crippen molar-refractivity contribution in [2.45, 2.75) is 322 Å². The van der Waals surface area contributed by atoms with Crippen LogP contribution in [-0.2, 0) is 28.6 Å². The van der Waals surface area contributed by atoms with Crippen molar-refractivity contribution >= 4 is 17.9 Å². The Morgan fingerprint density at radius 2 is 0.554 bits per heavy atom. The first-order valence-corrected chi connectivity index (χ1v) is 28.8. The van der Waals surface area contributed by atoms with Crippen molar-refractivity contribution in [1.82, 2.24) is 0 Å². The molecule has 0 fully saturated rings. The van der Waals surface area contributed by atoms with E-state index in [2.05, 4.69) is 45.1 Å². The Kier molecular flexibility index (Phi) is 52.7. The SMILES string of the molecule is CCCCCCC/C=C\C/C=C\CCCCCCCCCCCCCC(=O)OCC(COC(=O)CCCCCCCC)OC(=O)CCCCCCCCCCCCCCCCCCCC. The van der Waals surface area contributed by atoms with E-state index < -0.39 is 6.10 Å². The molecule has 0 aliphatic carbocycles. The first-order valence-electron chi connectivity index (χ1n) is 28.8. The van der Waals surface area contributed by atoms with E-state index in [1.54, 1.807) is 0 Å². The van der Waals surface area contributed by atoms with Crippen molar-refractivity contribution in [2.24, 2.45) is 0 Å². The average molecular weight is 916 g/mol. The van der Waals surface area contributed by atoms with Gasteiger partial charge in [0, 0.05) is 19.3 Å². The van der Waals surface area contributed by atoms with Crippen molar-refractivity contribution in [3.8, 4) is 0 Å². The second-order valence-electron chi connectivity index (χ2n) is 19.6. The molecular weight excluding hydrogens is 805 g/mol. The Morgan fingerprint density at radius 3 is 0.846 bits per heavy atom. The van der Waals surface area contributed by atoms with Gasteiger partial charge in [0.15, 0.2) is 6.10 Å². The third-order valence-electron chi connectivity index (χ3n) is 13.0. The number of rotatable bonds is 53. The first kappa shape index (κ1) is 62.9. The van der Waals surface area contributed by atoms with Crippen LogP contribution in [0.25, 0.3) is 0 Å². The smallest absolute Gasteiger partial charge is 0.306 e. The van der Waals surface area contributed by atoms with Crippen LogP contribution < -0.4 is 0 Å². The number of allylic oxidation sites excluding steroid dienone is 4. The van der Waals surface area contributed by atoms with Crippen molar-refractivity contribution < 1.29 is 28.6 Å². The zero-order valence-corrected chi connectivity index (χ0v) is 43.8. The van der Waals surface area contributed by atoms with Gasteiger partial charge in [-0.2, -0.15) is 0 Å². The van der Waals surface area contributed by atoms with E-state index in [-0.39, 0.29) is 31.1 Å². The molecule has 0 N–H and O–H groups in total. The number of unbranched alkanes of at least 4 members (excludes halogenated alkanes) is 38. The molecule has 0 bridgehead atoms. The number of hydrogen-bond acceptors (Lipinski definition) is 6. The molecular formula is C59H110O6. The third-order valence-corrected chi connectivity index (χ3v) is 13.0. The molecule has 0 aromatic rings. The Hall–Kier alpha value is -2.11. The lowest BCUT2D eigenvalue weighted by Crippen LogP contribution is -2.30. The summed E-state index contributed by atoms with van der Waals surface area (Å²) in [4.78, 5) is 37.9. The molecule has 0 radical (unpaired) electrons. The first-order chi connectivity index (χ1) is 32.0. The molecule has 6 nitrogen and oxygen atoms in total. The van der Waals surface area contributed by atoms with E-state index >= 15 is 0 Å². The van der Waals surface area contributed by atoms with E-state index in [4.69, 9.17) is 14.2 Å². The maximum absolute atomic E-state index is 12.8. The summed E-state index contributed by atoms with van der Waals surface area (Å²) in [6, 6.07) is 0. The van der Waals surface area contributed by atoms with Gasteiger partial charge in [-0.15, -0.1) is 0 Å². The molecule has 0 aliphatic rings. The van der Waals surface area contributed by atoms with Gasteiger partial charge in [0.25, 0.3) is 0 Å². The lowest BCUT2D eigenvalue weighted by Gasteiger charge is -2.18. The molecule has 0 aromatic carbocycles. The van der Waals surface area contributed by atoms with Crippen LogP contribution in [0.2, 0.25) is 0 Å². The highest BCUT2D eigenvalue weighted by Gasteiger charge is 2.19. The molecule has 0 amide bonds. The van der Waals surface area contributed by atoms with Gasteiger partial charge >= 0.3 is 17.9 Å². The van der Waals surface area contributed by atoms with E-state index in [9.17, 15) is 14.4 Å². The second kappa shape index (κ2) is 54.5. The predicted octanol–water partition coefficient (Wildman–Crippen LogP) is 19.1. The Labute approximate surface area is 404 Å². The summed E-state index contributed by atoms with van der Waals surface area (Å²) < 4.78 is 16.8. The molecule has 0 aromatic heterocycles. The monoisotopic (exact) mass is 915 g/mol. The van der Waals surface area contributed by atoms with Gasteiger partial charge in [0.1, 0.15) is 13.2 Å². The Balaban J connectivity index is 4.10. The topological polar surface area (TPSA) is 78.9 Å². The molecule has 0 heterocycles. The summed E-state index contributed by atoms with van der Waals surface area (Å²) in [6.45, 7) is 6.61. The van der Waals surface area contributed by atoms with Crippen molar-refractivity contribution in [3.05, 3.63) is 24.3 Å². The minimum atomic E-state index is -0.764. The van der Waals surface area contributed by atoms with Crippen LogP contribution in [0.4, 0.5) is 0 Å². The van der Waals surface area contributed by atoms with Crippen LogP contribution >= 0.6 is 0 Å². The Bertz CT molecular complexity index is 1050. The van der Waals surface area contributed by atoms with Gasteiger partial charge in [0.05, 0.1) is 0 Å². The van der Waals surface area contributed by atoms with Gasteiger partial charge in [-0.25, -0.2) is 0 Å². The highest BCUT2D eigenvalue weighted by Crippen LogP contribution is 2.17. The number of ether oxygens (including phenoxy) is 3. The van der Waals surface area contributed by atoms with Crippen LogP contribution in [0.15, 0.2) is 24.3 Å². The van der Waals surface area contributed by atoms with Gasteiger partial charge in [0.2, 0.25) is 0 Å². The highest BCUT2D eigenvalue weighted by atomic mass is 16.6. The zero-order valence-electron chi connectivity index (χ0n) is 43.8. The van der Waals surface area contributed by atoms with E-state index in [1.807, 2.05) is 0 Å². The molecule has 1 atom stereocenters. The van der Waals surface area contributed by atoms with Crippen LogP contribution in [0.3, 0.4) is 0 Å². The summed E-state index contributed by atoms with van der Waals surface area (Å²) in [5.74, 6) is -0.860. The van der Waals surface area contributed by atoms with Gasteiger partial charge in [-0.3, -0.25) is 14.4 Å². The molecule has 0 saturated heterocycles. The number of carbonyl (C=O) groups excluding carboxylic acids is 3. The second-order valence-corrected chi connectivity index (χ2v) is 19.6. The largest absolute Gasteiger partial charge is 0.462 e. The summed E-state index contributed by atoms with van der Waals surface area (Å²) in [7, 11) is 0. The molecule has 0 aliphatic heterocycles. The minimum Gasteiger partial charge on any atom is -0.462 e. The summed E-state index contributed by atoms with van der Waals surface area (Å²) in [6.07, 6.45) is 63.4. The summed E-state index contributed by atoms with van der Waals surface area (Å²) in [5, 5.41) is 0. The summed E-state index contributed by atoms with van der Waals surface area (Å²) in [5.41, 5.74) is 0. The predicted molar refractivity (Wildman–Crippen MR) is 279 cm³/mol. The van der Waals surface area contributed by atoms with Crippen LogP contribution in [0, 0.1) is 0 Å². The van der Waals surface area contributed by atoms with Crippen LogP contribution in [0.5, 0.6) is 0 Å². The minimum absolute atomic E-state index is 0.0678. The van der Waals surface area contributed by atoms with Crippen molar-refractivity contribution in [3.63, 3.8) is 0 Å². The van der Waals surface area contributed by atoms with Gasteiger partial charge in [-0.05, 0) is 51.4 Å². The van der Waals surface area contributed by atoms with E-state index in [0.717, 1.165) is 64.2 Å². The van der Waals surface area contributed by atoms with Crippen molar-refractivity contribution in [1.29, 1.82) is 0 Å². The fourth-order valence-corrected chi connectivity index (χ4v) is 8.59. The average Bonchev–Trinajstić information content (AvgIpc) is 3.30. The lowest BCUT2D eigenvalue weighted by molar-refractivity contribution is -0.167. The number of carbonyl (C=O) groups is 3. The maximum Gasteiger partial charge on any atom is 0.306 e. The number of esters is 3. The normalized spacial score (nSPS) is 12.1. The Morgan fingerprint density at radius 1 is 0.308 bits per heavy atom. The van der Waals surface area contributed by atoms with E-state index in [1.165, 1.54) is 212 Å². The van der Waals surface area contributed by atoms with E-state index in [0.29, 0.717) is 19.3 Å². The quantitative estimate of drug-likeness (QED) is 0.0262. The number of hydrogen-bond donors (Lipinski definition) is 0. The van der Waals surface area contributed by atoms with Gasteiger partial charge in [-0.1, -0.05) is 270 Å². The molecule has 1 unspecified atom stereocenters. The fraction of sp³-hybridized carbons (Fsp3) is 0.881. The molecule has 0 spiro atoms. The lowest BCUT2D eigenvalue weighted by atomic mass is 10.0. The van der Waals surface area contributed by atoms with Gasteiger partial charge < -0.3 is 14.2 Å². The van der Waals surface area contributed by atoms with Crippen LogP contribution in [0.1, 0.15) is 316 Å². The molecule has 0 saturated carbocycles. The third kappa shape index (κ3) is 52.7. The highest BCUT2D eigenvalue weighted by molar-refractivity contribution is 5.71. The molecule has 6 heteroatoms. The zero-order chi connectivity index (χ0) is 47.2. The van der Waals surface area contributed by atoms with Crippen molar-refractivity contribution in [2.75, 3.05) is 13.2 Å². The standard InChI is InChI=1S/C59H110O6/c1-4-7-10-13-16-18-20-22-24-26-28-29-30-31-32-34-35-37-39-41-43-46-49-52-58(61)64-55-56(54-63-57(60)51-48-45-15-12-9-6-3)65-59(62)53-50-47-44-42-40-38-36-33-27-25-23-21-19-17-14-11-8-5-2/h20,22,26,28,56H,4-19,21,23-25,27,29-55H2,1-3H3/b22-20-,28-26-. The van der Waals surface area contributed by atoms with Crippen LogP contribution in [-0.4, -0.2) is 37.2 Å². The fourth-order valence-electron chi connectivity index (χ4n) is 8.59. The molecule has 382 valence electrons. The molecule has 65 heavy (non-hydrogen) atoms.